The molecular weight excluding hydrogens is 356 g/mol. The summed E-state index contributed by atoms with van der Waals surface area (Å²) in [5.74, 6) is 0.790. The van der Waals surface area contributed by atoms with Gasteiger partial charge in [-0.1, -0.05) is 24.3 Å². The molecule has 0 atom stereocenters. The number of hydrogen-bond donors (Lipinski definition) is 1. The second kappa shape index (κ2) is 9.10. The van der Waals surface area contributed by atoms with Gasteiger partial charge in [-0.3, -0.25) is 9.10 Å². The van der Waals surface area contributed by atoms with Gasteiger partial charge in [-0.2, -0.15) is 0 Å². The zero-order valence-electron chi connectivity index (χ0n) is 14.7. The fourth-order valence-corrected chi connectivity index (χ4v) is 3.08. The Morgan fingerprint density at radius 1 is 1.08 bits per heavy atom. The van der Waals surface area contributed by atoms with Crippen LogP contribution >= 0.6 is 0 Å². The van der Waals surface area contributed by atoms with E-state index in [2.05, 4.69) is 5.32 Å². The van der Waals surface area contributed by atoms with Gasteiger partial charge in [-0.25, -0.2) is 8.42 Å². The molecule has 1 amide bonds. The van der Waals surface area contributed by atoms with E-state index in [0.29, 0.717) is 17.2 Å². The quantitative estimate of drug-likeness (QED) is 0.671. The van der Waals surface area contributed by atoms with E-state index in [-0.39, 0.29) is 19.7 Å². The average Bonchev–Trinajstić information content (AvgIpc) is 2.63. The Morgan fingerprint density at radius 2 is 1.77 bits per heavy atom. The van der Waals surface area contributed by atoms with Crippen molar-refractivity contribution >= 4 is 21.6 Å². The number of benzene rings is 2. The van der Waals surface area contributed by atoms with Gasteiger partial charge in [-0.05, 0) is 24.3 Å². The van der Waals surface area contributed by atoms with Gasteiger partial charge in [0.1, 0.15) is 24.7 Å². The Bertz CT molecular complexity index is 824. The van der Waals surface area contributed by atoms with E-state index < -0.39 is 15.9 Å². The lowest BCUT2D eigenvalue weighted by molar-refractivity contribution is -0.119. The van der Waals surface area contributed by atoms with Crippen molar-refractivity contribution in [2.24, 2.45) is 0 Å². The lowest BCUT2D eigenvalue weighted by Gasteiger charge is -2.22. The van der Waals surface area contributed by atoms with Crippen LogP contribution in [0.3, 0.4) is 0 Å². The number of nitrogens with one attached hydrogen (secondary N) is 1. The number of hydrogen-bond acceptors (Lipinski definition) is 5. The van der Waals surface area contributed by atoms with Crippen molar-refractivity contribution in [3.63, 3.8) is 0 Å². The molecule has 8 heteroatoms. The molecule has 0 unspecified atom stereocenters. The smallest absolute Gasteiger partial charge is 0.240 e. The number of nitrogens with zero attached hydrogens (tertiary/aromatic N) is 1. The molecule has 0 bridgehead atoms. The van der Waals surface area contributed by atoms with Gasteiger partial charge in [0.05, 0.1) is 25.6 Å². The van der Waals surface area contributed by atoms with Gasteiger partial charge in [-0.15, -0.1) is 0 Å². The molecule has 0 aliphatic heterocycles. The Labute approximate surface area is 153 Å². The summed E-state index contributed by atoms with van der Waals surface area (Å²) in [4.78, 5) is 12.1. The van der Waals surface area contributed by atoms with Gasteiger partial charge >= 0.3 is 0 Å². The molecule has 140 valence electrons. The van der Waals surface area contributed by atoms with Crippen LogP contribution in [0, 0.1) is 0 Å². The first kappa shape index (κ1) is 19.6. The predicted molar refractivity (Wildman–Crippen MR) is 100 cm³/mol. The topological polar surface area (TPSA) is 84.9 Å². The van der Waals surface area contributed by atoms with Crippen LogP contribution in [0.4, 0.5) is 5.69 Å². The molecule has 0 radical (unpaired) electrons. The molecule has 1 N–H and O–H groups in total. The Morgan fingerprint density at radius 3 is 2.42 bits per heavy atom. The van der Waals surface area contributed by atoms with Crippen molar-refractivity contribution in [3.8, 4) is 11.5 Å². The molecule has 26 heavy (non-hydrogen) atoms. The van der Waals surface area contributed by atoms with Gasteiger partial charge < -0.3 is 14.8 Å². The molecule has 0 aliphatic carbocycles. The number of ether oxygens (including phenoxy) is 2. The third-order valence-corrected chi connectivity index (χ3v) is 4.61. The van der Waals surface area contributed by atoms with Crippen LogP contribution in [0.25, 0.3) is 0 Å². The van der Waals surface area contributed by atoms with Crippen LogP contribution in [0.2, 0.25) is 0 Å². The predicted octanol–water partition coefficient (Wildman–Crippen LogP) is 1.66. The standard InChI is InChI=1S/C18H22N2O5S/c1-24-17-10-6-7-15(13-17)20(26(2,22)23)14-18(21)19-11-12-25-16-8-4-3-5-9-16/h3-10,13H,11-12,14H2,1-2H3,(H,19,21). The van der Waals surface area contributed by atoms with Crippen LogP contribution in [-0.4, -0.2) is 47.4 Å². The molecule has 2 rings (SSSR count). The molecule has 0 saturated heterocycles. The number of methoxy groups -OCH3 is 1. The van der Waals surface area contributed by atoms with Crippen LogP contribution in [0.1, 0.15) is 0 Å². The summed E-state index contributed by atoms with van der Waals surface area (Å²) in [6.45, 7) is 0.231. The highest BCUT2D eigenvalue weighted by Crippen LogP contribution is 2.22. The Hall–Kier alpha value is -2.74. The number of amides is 1. The third kappa shape index (κ3) is 5.96. The number of para-hydroxylation sites is 1. The zero-order chi connectivity index (χ0) is 19.0. The number of rotatable bonds is 9. The second-order valence-corrected chi connectivity index (χ2v) is 7.39. The summed E-state index contributed by atoms with van der Waals surface area (Å²) in [7, 11) is -2.14. The van der Waals surface area contributed by atoms with Crippen LogP contribution in [-0.2, 0) is 14.8 Å². The van der Waals surface area contributed by atoms with E-state index in [4.69, 9.17) is 9.47 Å². The molecule has 2 aromatic rings. The molecule has 0 aromatic heterocycles. The number of carbonyl (C=O) groups excluding carboxylic acids is 1. The lowest BCUT2D eigenvalue weighted by atomic mass is 10.3. The first-order valence-electron chi connectivity index (χ1n) is 7.96. The van der Waals surface area contributed by atoms with Crippen molar-refractivity contribution in [1.29, 1.82) is 0 Å². The van der Waals surface area contributed by atoms with Crippen molar-refractivity contribution < 1.29 is 22.7 Å². The summed E-state index contributed by atoms with van der Waals surface area (Å²) in [5.41, 5.74) is 0.363. The van der Waals surface area contributed by atoms with Crippen LogP contribution in [0.15, 0.2) is 54.6 Å². The normalized spacial score (nSPS) is 10.8. The molecule has 0 spiro atoms. The van der Waals surface area contributed by atoms with E-state index in [1.54, 1.807) is 24.3 Å². The molecule has 0 fully saturated rings. The van der Waals surface area contributed by atoms with Crippen molar-refractivity contribution in [3.05, 3.63) is 54.6 Å². The summed E-state index contributed by atoms with van der Waals surface area (Å²) in [5, 5.41) is 2.65. The SMILES string of the molecule is COc1cccc(N(CC(=O)NCCOc2ccccc2)S(C)(=O)=O)c1. The minimum absolute atomic E-state index is 0.267. The highest BCUT2D eigenvalue weighted by molar-refractivity contribution is 7.92. The highest BCUT2D eigenvalue weighted by Gasteiger charge is 2.21. The molecule has 2 aromatic carbocycles. The van der Waals surface area contributed by atoms with Gasteiger partial charge in [0, 0.05) is 6.07 Å². The van der Waals surface area contributed by atoms with Crippen molar-refractivity contribution in [2.45, 2.75) is 0 Å². The summed E-state index contributed by atoms with van der Waals surface area (Å²) >= 11 is 0. The number of sulfonamides is 1. The zero-order valence-corrected chi connectivity index (χ0v) is 15.5. The largest absolute Gasteiger partial charge is 0.497 e. The molecule has 0 saturated carbocycles. The Balaban J connectivity index is 1.92. The fourth-order valence-electron chi connectivity index (χ4n) is 2.23. The molecular formula is C18H22N2O5S. The molecule has 0 heterocycles. The lowest BCUT2D eigenvalue weighted by Crippen LogP contribution is -2.41. The van der Waals surface area contributed by atoms with E-state index in [0.717, 1.165) is 10.6 Å². The molecule has 0 aliphatic rings. The second-order valence-electron chi connectivity index (χ2n) is 5.48. The highest BCUT2D eigenvalue weighted by atomic mass is 32.2. The maximum Gasteiger partial charge on any atom is 0.240 e. The Kier molecular flexibility index (Phi) is 6.85. The first-order valence-corrected chi connectivity index (χ1v) is 9.81. The third-order valence-electron chi connectivity index (χ3n) is 3.47. The fraction of sp³-hybridized carbons (Fsp3) is 0.278. The minimum Gasteiger partial charge on any atom is -0.497 e. The van der Waals surface area contributed by atoms with Crippen LogP contribution in [0.5, 0.6) is 11.5 Å². The summed E-state index contributed by atoms with van der Waals surface area (Å²) < 4.78 is 35.7. The van der Waals surface area contributed by atoms with E-state index >= 15 is 0 Å². The van der Waals surface area contributed by atoms with Crippen molar-refractivity contribution in [2.75, 3.05) is 37.4 Å². The van der Waals surface area contributed by atoms with Gasteiger partial charge in [0.15, 0.2) is 0 Å². The van der Waals surface area contributed by atoms with E-state index in [9.17, 15) is 13.2 Å². The molecule has 7 nitrogen and oxygen atoms in total. The maximum absolute atomic E-state index is 12.1. The maximum atomic E-state index is 12.1. The van der Waals surface area contributed by atoms with Crippen LogP contribution < -0.4 is 19.1 Å². The van der Waals surface area contributed by atoms with Crippen molar-refractivity contribution in [1.82, 2.24) is 5.32 Å². The van der Waals surface area contributed by atoms with E-state index in [1.807, 2.05) is 30.3 Å². The summed E-state index contributed by atoms with van der Waals surface area (Å²) in [6, 6.07) is 15.8. The summed E-state index contributed by atoms with van der Waals surface area (Å²) in [6.07, 6.45) is 1.05. The van der Waals surface area contributed by atoms with Gasteiger partial charge in [0.2, 0.25) is 15.9 Å². The van der Waals surface area contributed by atoms with Gasteiger partial charge in [0.25, 0.3) is 0 Å². The van der Waals surface area contributed by atoms with E-state index in [1.165, 1.54) is 7.11 Å². The minimum atomic E-state index is -3.63. The monoisotopic (exact) mass is 378 g/mol. The first-order chi connectivity index (χ1) is 12.4. The number of anilines is 1. The average molecular weight is 378 g/mol. The number of carbonyl (C=O) groups is 1.